The van der Waals surface area contributed by atoms with E-state index in [1.54, 1.807) is 12.1 Å². The van der Waals surface area contributed by atoms with Gasteiger partial charge in [-0.25, -0.2) is 4.39 Å². The normalized spacial score (nSPS) is 18.7. The second-order valence-electron chi connectivity index (χ2n) is 6.91. The molecule has 1 heterocycles. The first-order valence-corrected chi connectivity index (χ1v) is 9.01. The smallest absolute Gasteiger partial charge is 0.241 e. The third-order valence-corrected chi connectivity index (χ3v) is 4.80. The summed E-state index contributed by atoms with van der Waals surface area (Å²) in [6.45, 7) is 8.06. The Kier molecular flexibility index (Phi) is 6.60. The van der Waals surface area contributed by atoms with Crippen molar-refractivity contribution in [2.24, 2.45) is 0 Å². The van der Waals surface area contributed by atoms with Gasteiger partial charge in [0.05, 0.1) is 11.7 Å². The summed E-state index contributed by atoms with van der Waals surface area (Å²) in [4.78, 5) is 16.7. The van der Waals surface area contributed by atoms with Crippen LogP contribution in [0.15, 0.2) is 18.2 Å². The van der Waals surface area contributed by atoms with Crippen LogP contribution in [0, 0.1) is 5.82 Å². The zero-order valence-electron chi connectivity index (χ0n) is 15.3. The molecule has 0 aliphatic carbocycles. The van der Waals surface area contributed by atoms with Gasteiger partial charge in [0.15, 0.2) is 0 Å². The predicted octanol–water partition coefficient (Wildman–Crippen LogP) is 3.87. The Balaban J connectivity index is 2.07. The highest BCUT2D eigenvalue weighted by atomic mass is 19.1. The van der Waals surface area contributed by atoms with Crippen molar-refractivity contribution in [2.45, 2.75) is 58.5 Å². The van der Waals surface area contributed by atoms with E-state index in [-0.39, 0.29) is 23.8 Å². The number of likely N-dealkylation sites (tertiary alicyclic amines) is 1. The number of carbonyl (C=O) groups excluding carboxylic acids is 1. The van der Waals surface area contributed by atoms with Crippen LogP contribution in [0.1, 0.15) is 46.5 Å². The number of hydrogen-bond donors (Lipinski definition) is 1. The standard InChI is InChI=1S/C19H30FN3O/c1-5-11-23-12-7-6-8-18(23)19(24)21-15-9-10-17(16(20)13-15)22(4)14(2)3/h9-10,13-14,18H,5-8,11-12H2,1-4H3,(H,21,24). The molecule has 24 heavy (non-hydrogen) atoms. The first kappa shape index (κ1) is 18.7. The van der Waals surface area contributed by atoms with Crippen molar-refractivity contribution in [3.63, 3.8) is 0 Å². The number of hydrogen-bond acceptors (Lipinski definition) is 3. The lowest BCUT2D eigenvalue weighted by atomic mass is 10.0. The lowest BCUT2D eigenvalue weighted by Gasteiger charge is -2.34. The van der Waals surface area contributed by atoms with Gasteiger partial charge in [-0.15, -0.1) is 0 Å². The van der Waals surface area contributed by atoms with Crippen LogP contribution < -0.4 is 10.2 Å². The summed E-state index contributed by atoms with van der Waals surface area (Å²) in [5.74, 6) is -0.328. The van der Waals surface area contributed by atoms with Gasteiger partial charge in [0.1, 0.15) is 5.82 Å². The molecular weight excluding hydrogens is 305 g/mol. The minimum absolute atomic E-state index is 0.0208. The van der Waals surface area contributed by atoms with Crippen molar-refractivity contribution in [3.05, 3.63) is 24.0 Å². The van der Waals surface area contributed by atoms with Gasteiger partial charge in [0.25, 0.3) is 0 Å². The largest absolute Gasteiger partial charge is 0.370 e. The third kappa shape index (κ3) is 4.47. The molecule has 0 aromatic heterocycles. The summed E-state index contributed by atoms with van der Waals surface area (Å²) < 4.78 is 14.3. The van der Waals surface area contributed by atoms with Gasteiger partial charge >= 0.3 is 0 Å². The van der Waals surface area contributed by atoms with Crippen LogP contribution in [0.4, 0.5) is 15.8 Å². The molecule has 1 aliphatic rings. The zero-order valence-corrected chi connectivity index (χ0v) is 15.3. The highest BCUT2D eigenvalue weighted by Gasteiger charge is 2.28. The summed E-state index contributed by atoms with van der Waals surface area (Å²) in [6.07, 6.45) is 4.14. The Labute approximate surface area is 145 Å². The Morgan fingerprint density at radius 2 is 2.17 bits per heavy atom. The number of benzene rings is 1. The second kappa shape index (κ2) is 8.47. The summed E-state index contributed by atoms with van der Waals surface area (Å²) >= 11 is 0. The SMILES string of the molecule is CCCN1CCCCC1C(=O)Nc1ccc(N(C)C(C)C)c(F)c1. The molecule has 1 amide bonds. The van der Waals surface area contributed by atoms with Gasteiger partial charge in [-0.05, 0) is 64.4 Å². The topological polar surface area (TPSA) is 35.6 Å². The number of halogens is 1. The summed E-state index contributed by atoms with van der Waals surface area (Å²) in [6, 6.07) is 5.04. The lowest BCUT2D eigenvalue weighted by Crippen LogP contribution is -2.47. The van der Waals surface area contributed by atoms with Gasteiger partial charge in [-0.3, -0.25) is 9.69 Å². The van der Waals surface area contributed by atoms with E-state index in [0.717, 1.165) is 38.8 Å². The molecular formula is C19H30FN3O. The maximum atomic E-state index is 14.3. The number of nitrogens with zero attached hydrogens (tertiary/aromatic N) is 2. The van der Waals surface area contributed by atoms with Crippen LogP contribution in [-0.2, 0) is 4.79 Å². The van der Waals surface area contributed by atoms with Gasteiger partial charge < -0.3 is 10.2 Å². The monoisotopic (exact) mass is 335 g/mol. The lowest BCUT2D eigenvalue weighted by molar-refractivity contribution is -0.122. The molecule has 1 saturated heterocycles. The molecule has 0 bridgehead atoms. The molecule has 134 valence electrons. The maximum Gasteiger partial charge on any atom is 0.241 e. The number of nitrogens with one attached hydrogen (secondary N) is 1. The first-order chi connectivity index (χ1) is 11.4. The van der Waals surface area contributed by atoms with E-state index in [1.807, 2.05) is 25.8 Å². The minimum Gasteiger partial charge on any atom is -0.370 e. The Morgan fingerprint density at radius 3 is 2.79 bits per heavy atom. The fraction of sp³-hybridized carbons (Fsp3) is 0.632. The molecule has 1 aromatic rings. The summed E-state index contributed by atoms with van der Waals surface area (Å²) in [5, 5.41) is 2.90. The predicted molar refractivity (Wildman–Crippen MR) is 98.1 cm³/mol. The van der Waals surface area contributed by atoms with Gasteiger partial charge in [0.2, 0.25) is 5.91 Å². The van der Waals surface area contributed by atoms with Crippen molar-refractivity contribution < 1.29 is 9.18 Å². The Hall–Kier alpha value is -1.62. The zero-order chi connectivity index (χ0) is 17.7. The van der Waals surface area contributed by atoms with E-state index in [2.05, 4.69) is 17.1 Å². The van der Waals surface area contributed by atoms with Crippen molar-refractivity contribution in [2.75, 3.05) is 30.4 Å². The van der Waals surface area contributed by atoms with Crippen molar-refractivity contribution in [1.29, 1.82) is 0 Å². The minimum atomic E-state index is -0.307. The maximum absolute atomic E-state index is 14.3. The number of carbonyl (C=O) groups is 1. The van der Waals surface area contributed by atoms with E-state index in [1.165, 1.54) is 6.07 Å². The second-order valence-corrected chi connectivity index (χ2v) is 6.91. The molecule has 0 radical (unpaired) electrons. The van der Waals surface area contributed by atoms with Crippen LogP contribution in [0.5, 0.6) is 0 Å². The van der Waals surface area contributed by atoms with Gasteiger partial charge in [-0.2, -0.15) is 0 Å². The molecule has 1 aromatic carbocycles. The summed E-state index contributed by atoms with van der Waals surface area (Å²) in [7, 11) is 1.87. The van der Waals surface area contributed by atoms with E-state index >= 15 is 0 Å². The fourth-order valence-electron chi connectivity index (χ4n) is 3.22. The third-order valence-electron chi connectivity index (χ3n) is 4.80. The van der Waals surface area contributed by atoms with E-state index < -0.39 is 0 Å². The molecule has 1 aliphatic heterocycles. The number of anilines is 2. The van der Waals surface area contributed by atoms with Crippen molar-refractivity contribution in [1.82, 2.24) is 4.90 Å². The molecule has 5 heteroatoms. The van der Waals surface area contributed by atoms with Crippen LogP contribution in [0.25, 0.3) is 0 Å². The van der Waals surface area contributed by atoms with E-state index in [4.69, 9.17) is 0 Å². The molecule has 1 atom stereocenters. The van der Waals surface area contributed by atoms with Crippen LogP contribution in [0.2, 0.25) is 0 Å². The molecule has 1 N–H and O–H groups in total. The highest BCUT2D eigenvalue weighted by molar-refractivity contribution is 5.95. The summed E-state index contributed by atoms with van der Waals surface area (Å²) in [5.41, 5.74) is 1.08. The van der Waals surface area contributed by atoms with Crippen LogP contribution in [-0.4, -0.2) is 43.0 Å². The van der Waals surface area contributed by atoms with Gasteiger partial charge in [0, 0.05) is 18.8 Å². The number of piperidine rings is 1. The molecule has 0 spiro atoms. The molecule has 4 nitrogen and oxygen atoms in total. The van der Waals surface area contributed by atoms with E-state index in [9.17, 15) is 9.18 Å². The molecule has 2 rings (SSSR count). The quantitative estimate of drug-likeness (QED) is 0.857. The van der Waals surface area contributed by atoms with E-state index in [0.29, 0.717) is 11.4 Å². The average Bonchev–Trinajstić information content (AvgIpc) is 2.55. The Bertz CT molecular complexity index is 560. The molecule has 1 fully saturated rings. The fourth-order valence-corrected chi connectivity index (χ4v) is 3.22. The van der Waals surface area contributed by atoms with Gasteiger partial charge in [-0.1, -0.05) is 13.3 Å². The highest BCUT2D eigenvalue weighted by Crippen LogP contribution is 2.24. The number of amides is 1. The van der Waals surface area contributed by atoms with Crippen molar-refractivity contribution in [3.8, 4) is 0 Å². The van der Waals surface area contributed by atoms with Crippen molar-refractivity contribution >= 4 is 17.3 Å². The average molecular weight is 335 g/mol. The van der Waals surface area contributed by atoms with Crippen LogP contribution >= 0.6 is 0 Å². The molecule has 1 unspecified atom stereocenters. The number of rotatable bonds is 6. The Morgan fingerprint density at radius 1 is 1.42 bits per heavy atom. The molecule has 0 saturated carbocycles. The first-order valence-electron chi connectivity index (χ1n) is 9.01. The van der Waals surface area contributed by atoms with Crippen LogP contribution in [0.3, 0.4) is 0 Å².